The van der Waals surface area contributed by atoms with Gasteiger partial charge in [-0.1, -0.05) is 30.0 Å². The maximum atomic E-state index is 4.61. The third-order valence-electron chi connectivity index (χ3n) is 2.61. The second kappa shape index (κ2) is 5.50. The molecule has 0 aliphatic carbocycles. The minimum Gasteiger partial charge on any atom is -0.264 e. The standard InChI is InChI=1S/C14H12N2S2/c1-2-6-13-12(5-1)16-14(18-13)17-9-7-11-4-3-8-15-10-11/h1-6,8,10H,7,9H2. The topological polar surface area (TPSA) is 25.8 Å². The van der Waals surface area contributed by atoms with Gasteiger partial charge in [0.2, 0.25) is 0 Å². The molecule has 90 valence electrons. The second-order valence-electron chi connectivity index (χ2n) is 3.91. The van der Waals surface area contributed by atoms with Gasteiger partial charge in [0.05, 0.1) is 10.2 Å². The van der Waals surface area contributed by atoms with Crippen LogP contribution in [0.1, 0.15) is 5.56 Å². The van der Waals surface area contributed by atoms with E-state index in [2.05, 4.69) is 34.2 Å². The first-order valence-electron chi connectivity index (χ1n) is 5.79. The first-order valence-corrected chi connectivity index (χ1v) is 7.59. The smallest absolute Gasteiger partial charge is 0.151 e. The van der Waals surface area contributed by atoms with Gasteiger partial charge in [0, 0.05) is 18.1 Å². The number of pyridine rings is 1. The number of benzene rings is 1. The van der Waals surface area contributed by atoms with Crippen molar-refractivity contribution in [2.75, 3.05) is 5.75 Å². The van der Waals surface area contributed by atoms with E-state index in [9.17, 15) is 0 Å². The van der Waals surface area contributed by atoms with Crippen LogP contribution in [0.5, 0.6) is 0 Å². The van der Waals surface area contributed by atoms with Crippen LogP contribution in [-0.2, 0) is 6.42 Å². The summed E-state index contributed by atoms with van der Waals surface area (Å²) in [5.74, 6) is 1.05. The van der Waals surface area contributed by atoms with Crippen molar-refractivity contribution in [3.05, 3.63) is 54.4 Å². The third-order valence-corrected chi connectivity index (χ3v) is 4.79. The molecule has 2 aromatic heterocycles. The number of nitrogens with zero attached hydrogens (tertiary/aromatic N) is 2. The van der Waals surface area contributed by atoms with Crippen molar-refractivity contribution in [3.8, 4) is 0 Å². The molecule has 3 aromatic rings. The normalized spacial score (nSPS) is 10.9. The fraction of sp³-hybridized carbons (Fsp3) is 0.143. The average molecular weight is 272 g/mol. The van der Waals surface area contributed by atoms with E-state index < -0.39 is 0 Å². The minimum atomic E-state index is 1.04. The molecule has 18 heavy (non-hydrogen) atoms. The Balaban J connectivity index is 1.63. The van der Waals surface area contributed by atoms with Gasteiger partial charge in [0.1, 0.15) is 0 Å². The predicted octanol–water partition coefficient (Wildman–Crippen LogP) is 4.03. The molecule has 0 bridgehead atoms. The van der Waals surface area contributed by atoms with Gasteiger partial charge in [-0.2, -0.15) is 0 Å². The SMILES string of the molecule is c1cncc(CCSc2nc3ccccc3s2)c1. The molecule has 0 N–H and O–H groups in total. The molecule has 1 aromatic carbocycles. The molecule has 0 radical (unpaired) electrons. The summed E-state index contributed by atoms with van der Waals surface area (Å²) >= 11 is 3.59. The number of thioether (sulfide) groups is 1. The second-order valence-corrected chi connectivity index (χ2v) is 6.28. The Hall–Kier alpha value is -1.39. The molecule has 4 heteroatoms. The van der Waals surface area contributed by atoms with Crippen LogP contribution >= 0.6 is 23.1 Å². The Labute approximate surface area is 114 Å². The summed E-state index contributed by atoms with van der Waals surface area (Å²) in [6.07, 6.45) is 4.78. The van der Waals surface area contributed by atoms with Crippen LogP contribution < -0.4 is 0 Å². The summed E-state index contributed by atoms with van der Waals surface area (Å²) in [7, 11) is 0. The van der Waals surface area contributed by atoms with Crippen molar-refractivity contribution in [2.24, 2.45) is 0 Å². The summed E-state index contributed by atoms with van der Waals surface area (Å²) in [6, 6.07) is 12.4. The van der Waals surface area contributed by atoms with Crippen molar-refractivity contribution in [3.63, 3.8) is 0 Å². The lowest BCUT2D eigenvalue weighted by Crippen LogP contribution is -1.88. The van der Waals surface area contributed by atoms with Crippen LogP contribution in [0.15, 0.2) is 53.1 Å². The van der Waals surface area contributed by atoms with Crippen molar-refractivity contribution in [1.82, 2.24) is 9.97 Å². The van der Waals surface area contributed by atoms with Crippen molar-refractivity contribution in [2.45, 2.75) is 10.8 Å². The number of thiazole rings is 1. The van der Waals surface area contributed by atoms with E-state index in [1.165, 1.54) is 10.3 Å². The van der Waals surface area contributed by atoms with Crippen LogP contribution in [0, 0.1) is 0 Å². The molecule has 0 amide bonds. The predicted molar refractivity (Wildman–Crippen MR) is 78.3 cm³/mol. The van der Waals surface area contributed by atoms with E-state index in [0.29, 0.717) is 0 Å². The largest absolute Gasteiger partial charge is 0.264 e. The molecule has 3 rings (SSSR count). The molecular formula is C14H12N2S2. The molecule has 0 saturated carbocycles. The van der Waals surface area contributed by atoms with Gasteiger partial charge >= 0.3 is 0 Å². The Morgan fingerprint density at radius 3 is 2.89 bits per heavy atom. The van der Waals surface area contributed by atoms with Crippen molar-refractivity contribution >= 4 is 33.3 Å². The van der Waals surface area contributed by atoms with Gasteiger partial charge in [0.25, 0.3) is 0 Å². The Morgan fingerprint density at radius 2 is 2.06 bits per heavy atom. The highest BCUT2D eigenvalue weighted by Crippen LogP contribution is 2.29. The van der Waals surface area contributed by atoms with Gasteiger partial charge < -0.3 is 0 Å². The monoisotopic (exact) mass is 272 g/mol. The number of hydrogen-bond acceptors (Lipinski definition) is 4. The van der Waals surface area contributed by atoms with Gasteiger partial charge in [-0.3, -0.25) is 4.98 Å². The highest BCUT2D eigenvalue weighted by Gasteiger charge is 2.03. The highest BCUT2D eigenvalue weighted by molar-refractivity contribution is 8.01. The highest BCUT2D eigenvalue weighted by atomic mass is 32.2. The molecule has 0 spiro atoms. The fourth-order valence-electron chi connectivity index (χ4n) is 1.72. The molecule has 2 nitrogen and oxygen atoms in total. The quantitative estimate of drug-likeness (QED) is 0.671. The average Bonchev–Trinajstić information content (AvgIpc) is 2.82. The molecule has 2 heterocycles. The Kier molecular flexibility index (Phi) is 3.57. The maximum Gasteiger partial charge on any atom is 0.151 e. The molecule has 0 fully saturated rings. The van der Waals surface area contributed by atoms with Crippen molar-refractivity contribution < 1.29 is 0 Å². The van der Waals surface area contributed by atoms with Crippen molar-refractivity contribution in [1.29, 1.82) is 0 Å². The third kappa shape index (κ3) is 2.71. The van der Waals surface area contributed by atoms with Gasteiger partial charge in [-0.15, -0.1) is 11.3 Å². The van der Waals surface area contributed by atoms with E-state index in [-0.39, 0.29) is 0 Å². The van der Waals surface area contributed by atoms with E-state index in [0.717, 1.165) is 22.0 Å². The fourth-order valence-corrected chi connectivity index (χ4v) is 3.84. The minimum absolute atomic E-state index is 1.04. The zero-order chi connectivity index (χ0) is 12.2. The lowest BCUT2D eigenvalue weighted by atomic mass is 10.2. The molecule has 0 saturated heterocycles. The number of hydrogen-bond donors (Lipinski definition) is 0. The van der Waals surface area contributed by atoms with E-state index in [1.807, 2.05) is 36.3 Å². The maximum absolute atomic E-state index is 4.61. The van der Waals surface area contributed by atoms with Crippen LogP contribution in [0.3, 0.4) is 0 Å². The summed E-state index contributed by atoms with van der Waals surface area (Å²) in [5, 5.41) is 0. The van der Waals surface area contributed by atoms with Crippen LogP contribution in [-0.4, -0.2) is 15.7 Å². The molecule has 0 aliphatic heterocycles. The van der Waals surface area contributed by atoms with Crippen LogP contribution in [0.25, 0.3) is 10.2 Å². The number of aromatic nitrogens is 2. The molecule has 0 aliphatic rings. The van der Waals surface area contributed by atoms with Crippen LogP contribution in [0.2, 0.25) is 0 Å². The zero-order valence-corrected chi connectivity index (χ0v) is 11.4. The number of para-hydroxylation sites is 1. The molecule has 0 unspecified atom stereocenters. The number of fused-ring (bicyclic) bond motifs is 1. The van der Waals surface area contributed by atoms with Gasteiger partial charge in [0.15, 0.2) is 4.34 Å². The molecule has 0 atom stereocenters. The molecular weight excluding hydrogens is 260 g/mol. The Bertz CT molecular complexity index is 601. The number of aryl methyl sites for hydroxylation is 1. The van der Waals surface area contributed by atoms with E-state index in [1.54, 1.807) is 11.3 Å². The first kappa shape index (κ1) is 11.7. The zero-order valence-electron chi connectivity index (χ0n) is 9.74. The summed E-state index contributed by atoms with van der Waals surface area (Å²) < 4.78 is 2.42. The lowest BCUT2D eigenvalue weighted by Gasteiger charge is -1.98. The summed E-state index contributed by atoms with van der Waals surface area (Å²) in [6.45, 7) is 0. The Morgan fingerprint density at radius 1 is 1.11 bits per heavy atom. The first-order chi connectivity index (χ1) is 8.92. The van der Waals surface area contributed by atoms with Gasteiger partial charge in [-0.25, -0.2) is 4.98 Å². The van der Waals surface area contributed by atoms with E-state index >= 15 is 0 Å². The lowest BCUT2D eigenvalue weighted by molar-refractivity contribution is 1.11. The van der Waals surface area contributed by atoms with E-state index in [4.69, 9.17) is 0 Å². The number of rotatable bonds is 4. The van der Waals surface area contributed by atoms with Crippen LogP contribution in [0.4, 0.5) is 0 Å². The van der Waals surface area contributed by atoms with Gasteiger partial charge in [-0.05, 0) is 30.2 Å². The summed E-state index contributed by atoms with van der Waals surface area (Å²) in [4.78, 5) is 8.73. The summed E-state index contributed by atoms with van der Waals surface area (Å²) in [5.41, 5.74) is 2.39.